The number of aryl methyl sites for hydroxylation is 2. The molecule has 4 bridgehead atoms. The molecule has 1 aromatic heterocycles. The Kier molecular flexibility index (Phi) is 3.27. The van der Waals surface area contributed by atoms with E-state index < -0.39 is 0 Å². The van der Waals surface area contributed by atoms with Crippen LogP contribution in [0.5, 0.6) is 0 Å². The van der Waals surface area contributed by atoms with Gasteiger partial charge in [0.1, 0.15) is 0 Å². The molecular formula is C17H26BrN3. The smallest absolute Gasteiger partial charge is 0.0738 e. The van der Waals surface area contributed by atoms with Crippen LogP contribution in [0.3, 0.4) is 0 Å². The van der Waals surface area contributed by atoms with E-state index in [0.29, 0.717) is 5.41 Å². The van der Waals surface area contributed by atoms with Gasteiger partial charge >= 0.3 is 0 Å². The van der Waals surface area contributed by atoms with E-state index in [1.54, 1.807) is 0 Å². The molecule has 4 aliphatic carbocycles. The van der Waals surface area contributed by atoms with Crippen LogP contribution >= 0.6 is 15.9 Å². The standard InChI is InChI=1S/C17H26BrN3/c1-10-16(18)14(21(2)20-10)6-15(19)17-7-11-3-12(8-17)5-13(4-11)9-17/h11-13,15H,3-9,19H2,1-2H3. The van der Waals surface area contributed by atoms with Crippen LogP contribution in [0.15, 0.2) is 4.47 Å². The number of hydrogen-bond acceptors (Lipinski definition) is 2. The molecule has 21 heavy (non-hydrogen) atoms. The molecule has 0 amide bonds. The third-order valence-electron chi connectivity index (χ3n) is 6.55. The summed E-state index contributed by atoms with van der Waals surface area (Å²) in [5.74, 6) is 2.91. The van der Waals surface area contributed by atoms with Gasteiger partial charge in [0.2, 0.25) is 0 Å². The zero-order chi connectivity index (χ0) is 14.8. The summed E-state index contributed by atoms with van der Waals surface area (Å²) >= 11 is 3.70. The first kappa shape index (κ1) is 14.3. The summed E-state index contributed by atoms with van der Waals surface area (Å²) in [6.45, 7) is 2.06. The van der Waals surface area contributed by atoms with Crippen LogP contribution in [-0.2, 0) is 13.5 Å². The molecule has 3 nitrogen and oxygen atoms in total. The van der Waals surface area contributed by atoms with E-state index in [0.717, 1.165) is 34.3 Å². The van der Waals surface area contributed by atoms with Crippen molar-refractivity contribution in [2.45, 2.75) is 57.9 Å². The van der Waals surface area contributed by atoms with Crippen molar-refractivity contribution in [1.29, 1.82) is 0 Å². The molecule has 5 rings (SSSR count). The van der Waals surface area contributed by atoms with Gasteiger partial charge in [0, 0.05) is 19.5 Å². The fourth-order valence-corrected chi connectivity index (χ4v) is 6.46. The second-order valence-electron chi connectivity index (χ2n) is 8.06. The van der Waals surface area contributed by atoms with E-state index in [-0.39, 0.29) is 6.04 Å². The predicted molar refractivity (Wildman–Crippen MR) is 87.9 cm³/mol. The number of halogens is 1. The fourth-order valence-electron chi connectivity index (χ4n) is 5.96. The van der Waals surface area contributed by atoms with Gasteiger partial charge in [0.25, 0.3) is 0 Å². The highest BCUT2D eigenvalue weighted by Crippen LogP contribution is 2.61. The molecule has 1 atom stereocenters. The Labute approximate surface area is 135 Å². The minimum absolute atomic E-state index is 0.289. The maximum Gasteiger partial charge on any atom is 0.0738 e. The molecule has 4 fully saturated rings. The Morgan fingerprint density at radius 3 is 2.19 bits per heavy atom. The molecule has 4 heteroatoms. The first-order valence-corrected chi connectivity index (χ1v) is 9.20. The summed E-state index contributed by atoms with van der Waals surface area (Å²) in [6.07, 6.45) is 9.57. The summed E-state index contributed by atoms with van der Waals surface area (Å²) in [5.41, 5.74) is 9.56. The second kappa shape index (κ2) is 4.82. The Hall–Kier alpha value is -0.350. The number of nitrogens with two attached hydrogens (primary N) is 1. The maximum atomic E-state index is 6.79. The van der Waals surface area contributed by atoms with Gasteiger partial charge in [0.05, 0.1) is 15.9 Å². The Morgan fingerprint density at radius 2 is 1.76 bits per heavy atom. The topological polar surface area (TPSA) is 43.8 Å². The molecule has 4 saturated carbocycles. The van der Waals surface area contributed by atoms with Gasteiger partial charge in [-0.25, -0.2) is 0 Å². The van der Waals surface area contributed by atoms with Crippen molar-refractivity contribution in [3.8, 4) is 0 Å². The SMILES string of the molecule is Cc1nn(C)c(CC(N)C23CC4CC(CC(C4)C2)C3)c1Br. The van der Waals surface area contributed by atoms with Crippen LogP contribution < -0.4 is 5.73 Å². The third-order valence-corrected chi connectivity index (χ3v) is 7.58. The zero-order valence-electron chi connectivity index (χ0n) is 13.1. The molecule has 116 valence electrons. The second-order valence-corrected chi connectivity index (χ2v) is 8.85. The van der Waals surface area contributed by atoms with E-state index in [2.05, 4.69) is 28.0 Å². The Bertz CT molecular complexity index is 527. The molecule has 0 spiro atoms. The third kappa shape index (κ3) is 2.21. The maximum absolute atomic E-state index is 6.79. The highest BCUT2D eigenvalue weighted by atomic mass is 79.9. The molecule has 0 saturated heterocycles. The van der Waals surface area contributed by atoms with E-state index in [1.807, 2.05) is 11.7 Å². The van der Waals surface area contributed by atoms with Crippen LogP contribution in [0, 0.1) is 30.1 Å². The molecule has 0 aliphatic heterocycles. The van der Waals surface area contributed by atoms with Crippen LogP contribution in [0.4, 0.5) is 0 Å². The van der Waals surface area contributed by atoms with E-state index in [1.165, 1.54) is 44.2 Å². The van der Waals surface area contributed by atoms with Gasteiger partial charge in [-0.15, -0.1) is 0 Å². The van der Waals surface area contributed by atoms with Crippen LogP contribution in [0.2, 0.25) is 0 Å². The van der Waals surface area contributed by atoms with Crippen molar-refractivity contribution in [2.75, 3.05) is 0 Å². The minimum Gasteiger partial charge on any atom is -0.327 e. The minimum atomic E-state index is 0.289. The molecule has 2 N–H and O–H groups in total. The van der Waals surface area contributed by atoms with E-state index in [4.69, 9.17) is 5.73 Å². The van der Waals surface area contributed by atoms with Gasteiger partial charge in [-0.05, 0) is 84.5 Å². The summed E-state index contributed by atoms with van der Waals surface area (Å²) in [5, 5.41) is 4.52. The van der Waals surface area contributed by atoms with Crippen molar-refractivity contribution in [3.05, 3.63) is 15.9 Å². The molecular weight excluding hydrogens is 326 g/mol. The highest BCUT2D eigenvalue weighted by Gasteiger charge is 2.53. The molecule has 1 unspecified atom stereocenters. The van der Waals surface area contributed by atoms with Gasteiger partial charge < -0.3 is 5.73 Å². The number of rotatable bonds is 3. The normalized spacial score (nSPS) is 39.0. The molecule has 0 radical (unpaired) electrons. The van der Waals surface area contributed by atoms with Crippen molar-refractivity contribution >= 4 is 15.9 Å². The lowest BCUT2D eigenvalue weighted by Crippen LogP contribution is -2.55. The molecule has 4 aliphatic rings. The number of hydrogen-bond donors (Lipinski definition) is 1. The predicted octanol–water partition coefficient (Wildman–Crippen LogP) is 3.58. The first-order chi connectivity index (χ1) is 9.97. The zero-order valence-corrected chi connectivity index (χ0v) is 14.7. The summed E-state index contributed by atoms with van der Waals surface area (Å²) in [4.78, 5) is 0. The Balaban J connectivity index is 1.58. The average molecular weight is 352 g/mol. The van der Waals surface area contributed by atoms with Crippen molar-refractivity contribution in [1.82, 2.24) is 9.78 Å². The van der Waals surface area contributed by atoms with E-state index >= 15 is 0 Å². The molecule has 1 aromatic rings. The lowest BCUT2D eigenvalue weighted by molar-refractivity contribution is -0.0670. The number of nitrogens with zero attached hydrogens (tertiary/aromatic N) is 2. The van der Waals surface area contributed by atoms with E-state index in [9.17, 15) is 0 Å². The van der Waals surface area contributed by atoms with Crippen molar-refractivity contribution in [2.24, 2.45) is 36.0 Å². The first-order valence-electron chi connectivity index (χ1n) is 8.40. The molecule has 1 heterocycles. The molecule has 0 aromatic carbocycles. The summed E-state index contributed by atoms with van der Waals surface area (Å²) in [7, 11) is 2.04. The fraction of sp³-hybridized carbons (Fsp3) is 0.824. The highest BCUT2D eigenvalue weighted by molar-refractivity contribution is 9.10. The monoisotopic (exact) mass is 351 g/mol. The Morgan fingerprint density at radius 1 is 1.24 bits per heavy atom. The summed E-state index contributed by atoms with van der Waals surface area (Å²) in [6, 6.07) is 0.289. The quantitative estimate of drug-likeness (QED) is 0.904. The lowest BCUT2D eigenvalue weighted by atomic mass is 9.47. The van der Waals surface area contributed by atoms with Gasteiger partial charge in [-0.3, -0.25) is 4.68 Å². The van der Waals surface area contributed by atoms with Crippen LogP contribution in [0.25, 0.3) is 0 Å². The largest absolute Gasteiger partial charge is 0.327 e. The van der Waals surface area contributed by atoms with Gasteiger partial charge in [0.15, 0.2) is 0 Å². The average Bonchev–Trinajstić information content (AvgIpc) is 2.64. The number of aromatic nitrogens is 2. The van der Waals surface area contributed by atoms with Crippen molar-refractivity contribution < 1.29 is 0 Å². The van der Waals surface area contributed by atoms with Crippen LogP contribution in [0.1, 0.15) is 49.9 Å². The van der Waals surface area contributed by atoms with Gasteiger partial charge in [-0.1, -0.05) is 0 Å². The summed E-state index contributed by atoms with van der Waals surface area (Å²) < 4.78 is 3.17. The van der Waals surface area contributed by atoms with Gasteiger partial charge in [-0.2, -0.15) is 5.10 Å². The lowest BCUT2D eigenvalue weighted by Gasteiger charge is -2.59. The van der Waals surface area contributed by atoms with Crippen LogP contribution in [-0.4, -0.2) is 15.8 Å². The van der Waals surface area contributed by atoms with Crippen molar-refractivity contribution in [3.63, 3.8) is 0 Å².